The topological polar surface area (TPSA) is 116 Å². The lowest BCUT2D eigenvalue weighted by molar-refractivity contribution is 0.0601. The molecule has 6 aromatic rings. The molecular weight excluding hydrogens is 568 g/mol. The van der Waals surface area contributed by atoms with Gasteiger partial charge in [0.15, 0.2) is 0 Å². The highest BCUT2D eigenvalue weighted by Gasteiger charge is 2.18. The zero-order valence-electron chi connectivity index (χ0n) is 23.3. The van der Waals surface area contributed by atoms with E-state index in [0.717, 1.165) is 6.07 Å². The average molecular weight is 592 g/mol. The van der Waals surface area contributed by atoms with Gasteiger partial charge >= 0.3 is 5.97 Å². The Hall–Kier alpha value is -5.89. The van der Waals surface area contributed by atoms with E-state index in [1.165, 1.54) is 37.8 Å². The molecule has 0 saturated heterocycles. The molecule has 44 heavy (non-hydrogen) atoms. The third-order valence-corrected chi connectivity index (χ3v) is 7.00. The van der Waals surface area contributed by atoms with Gasteiger partial charge in [-0.2, -0.15) is 5.26 Å². The number of imidazole rings is 1. The maximum Gasteiger partial charge on any atom is 0.337 e. The van der Waals surface area contributed by atoms with E-state index in [9.17, 15) is 9.18 Å². The molecule has 0 spiro atoms. The van der Waals surface area contributed by atoms with Crippen LogP contribution in [0, 0.1) is 23.0 Å². The number of hydrogen-bond donors (Lipinski definition) is 0. The molecule has 0 bridgehead atoms. The molecule has 0 saturated carbocycles. The highest BCUT2D eigenvalue weighted by molar-refractivity contribution is 5.93. The predicted octanol–water partition coefficient (Wildman–Crippen LogP) is 6.24. The van der Waals surface area contributed by atoms with Crippen LogP contribution in [-0.2, 0) is 24.3 Å². The van der Waals surface area contributed by atoms with Gasteiger partial charge < -0.3 is 18.5 Å². The van der Waals surface area contributed by atoms with Gasteiger partial charge in [-0.25, -0.2) is 28.5 Å². The first-order valence-corrected chi connectivity index (χ1v) is 13.4. The highest BCUT2D eigenvalue weighted by Crippen LogP contribution is 2.26. The first kappa shape index (κ1) is 28.2. The van der Waals surface area contributed by atoms with Crippen LogP contribution < -0.4 is 4.74 Å². The van der Waals surface area contributed by atoms with Crippen LogP contribution >= 0.6 is 0 Å². The number of nitrogens with zero attached hydrogens (tertiary/aromatic N) is 5. The van der Waals surface area contributed by atoms with Gasteiger partial charge in [-0.15, -0.1) is 0 Å². The smallest absolute Gasteiger partial charge is 0.337 e. The third-order valence-electron chi connectivity index (χ3n) is 7.00. The Morgan fingerprint density at radius 2 is 1.84 bits per heavy atom. The molecule has 3 heterocycles. The van der Waals surface area contributed by atoms with E-state index in [1.807, 2.05) is 10.6 Å². The minimum Gasteiger partial charge on any atom is -0.473 e. The Labute approximate surface area is 250 Å². The normalized spacial score (nSPS) is 11.0. The molecule has 0 aliphatic heterocycles. The van der Waals surface area contributed by atoms with Crippen molar-refractivity contribution in [3.8, 4) is 23.2 Å². The van der Waals surface area contributed by atoms with Crippen LogP contribution in [0.4, 0.5) is 8.78 Å². The first-order chi connectivity index (χ1) is 21.4. The fourth-order valence-corrected chi connectivity index (χ4v) is 4.76. The molecule has 0 amide bonds. The summed E-state index contributed by atoms with van der Waals surface area (Å²) in [6.45, 7) is 0.142. The van der Waals surface area contributed by atoms with E-state index >= 15 is 4.39 Å². The van der Waals surface area contributed by atoms with Gasteiger partial charge in [0.25, 0.3) is 0 Å². The molecule has 11 heteroatoms. The van der Waals surface area contributed by atoms with Crippen LogP contribution in [0.25, 0.3) is 22.3 Å². The van der Waals surface area contributed by atoms with Crippen molar-refractivity contribution in [2.75, 3.05) is 7.11 Å². The highest BCUT2D eigenvalue weighted by atomic mass is 19.1. The number of carbonyl (C=O) groups excluding carboxylic acids is 1. The molecule has 3 aromatic heterocycles. The third kappa shape index (κ3) is 5.87. The Kier molecular flexibility index (Phi) is 7.80. The summed E-state index contributed by atoms with van der Waals surface area (Å²) in [7, 11) is 1.31. The van der Waals surface area contributed by atoms with Gasteiger partial charge in [0.05, 0.1) is 47.2 Å². The van der Waals surface area contributed by atoms with Crippen LogP contribution in [0.15, 0.2) is 89.7 Å². The van der Waals surface area contributed by atoms with Crippen LogP contribution in [-0.4, -0.2) is 32.6 Å². The number of pyridine rings is 1. The first-order valence-electron chi connectivity index (χ1n) is 13.4. The van der Waals surface area contributed by atoms with Crippen LogP contribution in [0.1, 0.15) is 38.8 Å². The van der Waals surface area contributed by atoms with Crippen molar-refractivity contribution < 1.29 is 27.5 Å². The number of carbonyl (C=O) groups is 1. The van der Waals surface area contributed by atoms with Crippen molar-refractivity contribution in [3.05, 3.63) is 131 Å². The second-order valence-electron chi connectivity index (χ2n) is 9.79. The summed E-state index contributed by atoms with van der Waals surface area (Å²) >= 11 is 0. The maximum absolute atomic E-state index is 15.5. The van der Waals surface area contributed by atoms with Gasteiger partial charge in [0.2, 0.25) is 11.8 Å². The number of ether oxygens (including phenoxy) is 2. The van der Waals surface area contributed by atoms with Gasteiger partial charge in [0.1, 0.15) is 36.9 Å². The predicted molar refractivity (Wildman–Crippen MR) is 155 cm³/mol. The standard InChI is InChI=1S/C33H23F2N5O4/c1-42-33(41)23-9-10-28-29(15-23)40(18-32-37-11-12-43-32)30(38-28)16-21-7-8-22(14-26(21)35)27-3-2-4-31(39-27)44-19-24-6-5-20(17-36)13-25(24)34/h2-15H,16,18-19H2,1H3. The van der Waals surface area contributed by atoms with Crippen molar-refractivity contribution in [3.63, 3.8) is 0 Å². The SMILES string of the molecule is COC(=O)c1ccc2nc(Cc3ccc(-c4cccc(OCc5ccc(C#N)cc5F)n4)cc3F)n(Cc3ncco3)c2c1. The fourth-order valence-electron chi connectivity index (χ4n) is 4.76. The lowest BCUT2D eigenvalue weighted by Crippen LogP contribution is -2.08. The lowest BCUT2D eigenvalue weighted by atomic mass is 10.1. The second-order valence-corrected chi connectivity index (χ2v) is 9.79. The summed E-state index contributed by atoms with van der Waals surface area (Å²) in [6.07, 6.45) is 3.15. The number of halogens is 2. The molecule has 0 atom stereocenters. The number of benzene rings is 3. The van der Waals surface area contributed by atoms with E-state index in [0.29, 0.717) is 45.1 Å². The number of rotatable bonds is 9. The second kappa shape index (κ2) is 12.1. The fraction of sp³-hybridized carbons (Fsp3) is 0.121. The summed E-state index contributed by atoms with van der Waals surface area (Å²) in [5.41, 5.74) is 3.53. The summed E-state index contributed by atoms with van der Waals surface area (Å²) < 4.78 is 47.6. The molecule has 0 N–H and O–H groups in total. The molecule has 9 nitrogen and oxygen atoms in total. The lowest BCUT2D eigenvalue weighted by Gasteiger charge is -2.10. The summed E-state index contributed by atoms with van der Waals surface area (Å²) in [6, 6.07) is 20.9. The summed E-state index contributed by atoms with van der Waals surface area (Å²) in [5, 5.41) is 8.92. The van der Waals surface area contributed by atoms with Gasteiger partial charge in [-0.05, 0) is 48.0 Å². The molecular formula is C33H23F2N5O4. The number of hydrogen-bond acceptors (Lipinski definition) is 8. The van der Waals surface area contributed by atoms with Crippen molar-refractivity contribution >= 4 is 17.0 Å². The van der Waals surface area contributed by atoms with Gasteiger partial charge in [-0.1, -0.05) is 24.3 Å². The number of fused-ring (bicyclic) bond motifs is 1. The number of methoxy groups -OCH3 is 1. The molecule has 0 unspecified atom stereocenters. The van der Waals surface area contributed by atoms with E-state index in [1.54, 1.807) is 48.5 Å². The minimum atomic E-state index is -0.546. The van der Waals surface area contributed by atoms with E-state index < -0.39 is 17.6 Å². The zero-order chi connectivity index (χ0) is 30.6. The number of esters is 1. The van der Waals surface area contributed by atoms with Crippen LogP contribution in [0.2, 0.25) is 0 Å². The molecule has 0 aliphatic rings. The molecule has 0 radical (unpaired) electrons. The Bertz CT molecular complexity index is 2030. The number of oxazole rings is 1. The van der Waals surface area contributed by atoms with Crippen molar-refractivity contribution in [1.82, 2.24) is 19.5 Å². The van der Waals surface area contributed by atoms with Crippen molar-refractivity contribution in [2.45, 2.75) is 19.6 Å². The van der Waals surface area contributed by atoms with Crippen molar-refractivity contribution in [1.29, 1.82) is 5.26 Å². The molecule has 3 aromatic carbocycles. The quantitative estimate of drug-likeness (QED) is 0.182. The molecule has 218 valence electrons. The van der Waals surface area contributed by atoms with Gasteiger partial charge in [-0.3, -0.25) is 0 Å². The average Bonchev–Trinajstić information content (AvgIpc) is 3.69. The van der Waals surface area contributed by atoms with E-state index in [4.69, 9.17) is 24.1 Å². The number of aromatic nitrogens is 4. The number of nitriles is 1. The summed E-state index contributed by atoms with van der Waals surface area (Å²) in [5.74, 6) is -0.267. The monoisotopic (exact) mass is 591 g/mol. The molecule has 0 aliphatic carbocycles. The largest absolute Gasteiger partial charge is 0.473 e. The Morgan fingerprint density at radius 3 is 2.59 bits per heavy atom. The van der Waals surface area contributed by atoms with E-state index in [-0.39, 0.29) is 36.6 Å². The summed E-state index contributed by atoms with van der Waals surface area (Å²) in [4.78, 5) is 25.5. The van der Waals surface area contributed by atoms with Crippen LogP contribution in [0.5, 0.6) is 5.88 Å². The Balaban J connectivity index is 1.25. The maximum atomic E-state index is 15.5. The van der Waals surface area contributed by atoms with E-state index in [2.05, 4.69) is 9.97 Å². The zero-order valence-corrected chi connectivity index (χ0v) is 23.3. The Morgan fingerprint density at radius 1 is 1.00 bits per heavy atom. The molecule has 0 fully saturated rings. The van der Waals surface area contributed by atoms with Gasteiger partial charge in [0, 0.05) is 23.6 Å². The van der Waals surface area contributed by atoms with Crippen molar-refractivity contribution in [2.24, 2.45) is 0 Å². The minimum absolute atomic E-state index is 0.0864. The van der Waals surface area contributed by atoms with Crippen LogP contribution in [0.3, 0.4) is 0 Å². The molecule has 6 rings (SSSR count).